The summed E-state index contributed by atoms with van der Waals surface area (Å²) in [6, 6.07) is 15.4. The first-order valence-corrected chi connectivity index (χ1v) is 18.8. The number of alkyl halides is 3. The van der Waals surface area contributed by atoms with Gasteiger partial charge in [-0.1, -0.05) is 55.8 Å². The molecular weight excluding hydrogens is 661 g/mol. The normalized spacial score (nSPS) is 21.1. The van der Waals surface area contributed by atoms with Gasteiger partial charge in [0.25, 0.3) is 0 Å². The highest BCUT2D eigenvalue weighted by atomic mass is 19.3. The first kappa shape index (κ1) is 36.4. The maximum absolute atomic E-state index is 17.7. The Kier molecular flexibility index (Phi) is 10.4. The lowest BCUT2D eigenvalue weighted by Crippen LogP contribution is -2.36. The average Bonchev–Trinajstić information content (AvgIpc) is 3.13. The van der Waals surface area contributed by atoms with Gasteiger partial charge in [-0.3, -0.25) is 4.98 Å². The van der Waals surface area contributed by atoms with Gasteiger partial charge in [0.1, 0.15) is 5.75 Å². The maximum Gasteiger partial charge on any atom is 0.248 e. The number of piperidine rings is 1. The number of anilines is 1. The molecule has 7 rings (SSSR count). The van der Waals surface area contributed by atoms with E-state index in [0.717, 1.165) is 77.3 Å². The highest BCUT2D eigenvalue weighted by Gasteiger charge is 2.44. The summed E-state index contributed by atoms with van der Waals surface area (Å²) in [7, 11) is 1.64. The van der Waals surface area contributed by atoms with Crippen LogP contribution < -0.4 is 9.64 Å². The molecule has 1 saturated heterocycles. The molecule has 0 radical (unpaired) electrons. The van der Waals surface area contributed by atoms with Crippen LogP contribution in [0.3, 0.4) is 0 Å². The summed E-state index contributed by atoms with van der Waals surface area (Å²) in [5.74, 6) is -1.46. The monoisotopic (exact) mass is 712 g/mol. The number of rotatable bonds is 9. The number of aromatic nitrogens is 3. The number of hydrogen-bond donors (Lipinski definition) is 0. The average molecular weight is 713 g/mol. The number of methoxy groups -OCH3 is 1. The van der Waals surface area contributed by atoms with E-state index in [4.69, 9.17) is 14.5 Å². The molecule has 3 aliphatic rings. The van der Waals surface area contributed by atoms with Gasteiger partial charge in [-0.15, -0.1) is 0 Å². The van der Waals surface area contributed by atoms with Crippen LogP contribution in [-0.2, 0) is 17.8 Å². The second-order valence-electron chi connectivity index (χ2n) is 16.1. The molecule has 4 aromatic rings. The number of ether oxygens (including phenoxy) is 2. The minimum atomic E-state index is -2.71. The Morgan fingerprint density at radius 2 is 1.50 bits per heavy atom. The largest absolute Gasteiger partial charge is 0.497 e. The molecule has 3 heterocycles. The molecule has 6 nitrogen and oxygen atoms in total. The van der Waals surface area contributed by atoms with Crippen molar-refractivity contribution in [2.75, 3.05) is 25.1 Å². The van der Waals surface area contributed by atoms with Crippen LogP contribution in [0.25, 0.3) is 0 Å². The smallest absolute Gasteiger partial charge is 0.248 e. The van der Waals surface area contributed by atoms with E-state index < -0.39 is 12.1 Å². The van der Waals surface area contributed by atoms with Crippen molar-refractivity contribution < 1.29 is 22.6 Å². The third-order valence-corrected chi connectivity index (χ3v) is 11.4. The van der Waals surface area contributed by atoms with Crippen LogP contribution in [0.2, 0.25) is 0 Å². The molecule has 0 amide bonds. The van der Waals surface area contributed by atoms with E-state index in [2.05, 4.69) is 28.7 Å². The van der Waals surface area contributed by atoms with Crippen molar-refractivity contribution in [3.05, 3.63) is 111 Å². The lowest BCUT2D eigenvalue weighted by atomic mass is 9.68. The zero-order valence-electron chi connectivity index (χ0n) is 31.1. The van der Waals surface area contributed by atoms with Gasteiger partial charge in [0, 0.05) is 61.1 Å². The van der Waals surface area contributed by atoms with E-state index in [9.17, 15) is 8.78 Å². The van der Waals surface area contributed by atoms with Gasteiger partial charge in [-0.25, -0.2) is 23.1 Å². The Morgan fingerprint density at radius 3 is 2.13 bits per heavy atom. The van der Waals surface area contributed by atoms with Crippen molar-refractivity contribution in [3.8, 4) is 5.75 Å². The highest BCUT2D eigenvalue weighted by molar-refractivity contribution is 5.51. The molecule has 2 fully saturated rings. The van der Waals surface area contributed by atoms with Crippen LogP contribution in [0, 0.1) is 19.3 Å². The predicted octanol–water partition coefficient (Wildman–Crippen LogP) is 10.5. The molecule has 9 heteroatoms. The number of fused-ring (bicyclic) bond motifs is 1. The molecule has 2 aromatic carbocycles. The van der Waals surface area contributed by atoms with Crippen LogP contribution in [-0.4, -0.2) is 41.1 Å². The standard InChI is InChI=1S/C43H51F3N4O2/c1-27-6-10-31(11-7-27)39(44)38-36(30-14-18-43(45,46)19-15-30)37-34(22-42(3,4)23-35(37)52-26-29-8-12-33(51-5)13-9-29)49-40(38)32-16-20-50(21-17-32)41-47-24-28(2)25-48-41/h6-13,24-25,30,32,35,39H,14-23,26H2,1-5H3/t35-,39-/m0/s1. The summed E-state index contributed by atoms with van der Waals surface area (Å²) in [4.78, 5) is 16.8. The summed E-state index contributed by atoms with van der Waals surface area (Å²) in [5.41, 5.74) is 7.61. The molecule has 276 valence electrons. The van der Waals surface area contributed by atoms with Crippen molar-refractivity contribution in [1.82, 2.24) is 15.0 Å². The van der Waals surface area contributed by atoms with E-state index in [1.807, 2.05) is 74.8 Å². The van der Waals surface area contributed by atoms with Gasteiger partial charge in [0.05, 0.1) is 25.5 Å². The second kappa shape index (κ2) is 14.8. The van der Waals surface area contributed by atoms with E-state index in [1.165, 1.54) is 0 Å². The minimum absolute atomic E-state index is 0.00168. The first-order valence-electron chi connectivity index (χ1n) is 18.8. The molecule has 2 atom stereocenters. The van der Waals surface area contributed by atoms with Crippen LogP contribution in [0.4, 0.5) is 19.1 Å². The third-order valence-electron chi connectivity index (χ3n) is 11.4. The van der Waals surface area contributed by atoms with E-state index in [-0.39, 0.29) is 36.2 Å². The molecule has 0 unspecified atom stereocenters. The molecule has 1 saturated carbocycles. The Bertz CT molecular complexity index is 1830. The molecule has 2 aromatic heterocycles. The predicted molar refractivity (Wildman–Crippen MR) is 198 cm³/mol. The molecule has 2 aliphatic carbocycles. The highest BCUT2D eigenvalue weighted by Crippen LogP contribution is 2.53. The fourth-order valence-electron chi connectivity index (χ4n) is 8.54. The van der Waals surface area contributed by atoms with E-state index in [0.29, 0.717) is 42.9 Å². The lowest BCUT2D eigenvalue weighted by molar-refractivity contribution is -0.0390. The summed E-state index contributed by atoms with van der Waals surface area (Å²) < 4.78 is 59.4. The zero-order chi connectivity index (χ0) is 36.6. The summed E-state index contributed by atoms with van der Waals surface area (Å²) in [6.07, 6.45) is 5.01. The summed E-state index contributed by atoms with van der Waals surface area (Å²) in [5, 5.41) is 0. The SMILES string of the molecule is COc1ccc(CO[C@H]2CC(C)(C)Cc3nc(C4CCN(c5ncc(C)cn5)CC4)c([C@@H](F)c4ccc(C)cc4)c(C4CCC(F)(F)CC4)c32)cc1. The van der Waals surface area contributed by atoms with Gasteiger partial charge in [-0.2, -0.15) is 0 Å². The van der Waals surface area contributed by atoms with Gasteiger partial charge in [0.15, 0.2) is 6.17 Å². The van der Waals surface area contributed by atoms with Gasteiger partial charge < -0.3 is 14.4 Å². The zero-order valence-corrected chi connectivity index (χ0v) is 31.1. The number of benzene rings is 2. The number of nitrogens with zero attached hydrogens (tertiary/aromatic N) is 4. The number of pyridine rings is 1. The van der Waals surface area contributed by atoms with Crippen molar-refractivity contribution in [1.29, 1.82) is 0 Å². The Labute approximate surface area is 306 Å². The number of halogens is 3. The summed E-state index contributed by atoms with van der Waals surface area (Å²) >= 11 is 0. The van der Waals surface area contributed by atoms with Gasteiger partial charge >= 0.3 is 0 Å². The fourth-order valence-corrected chi connectivity index (χ4v) is 8.54. The number of hydrogen-bond acceptors (Lipinski definition) is 6. The van der Waals surface area contributed by atoms with E-state index in [1.54, 1.807) is 7.11 Å². The first-order chi connectivity index (χ1) is 24.9. The van der Waals surface area contributed by atoms with Crippen LogP contribution in [0.1, 0.15) is 133 Å². The van der Waals surface area contributed by atoms with Crippen molar-refractivity contribution in [2.24, 2.45) is 5.41 Å². The second-order valence-corrected chi connectivity index (χ2v) is 16.1. The van der Waals surface area contributed by atoms with Crippen LogP contribution in [0.15, 0.2) is 60.9 Å². The minimum Gasteiger partial charge on any atom is -0.497 e. The van der Waals surface area contributed by atoms with Crippen molar-refractivity contribution >= 4 is 5.95 Å². The molecule has 0 bridgehead atoms. The molecule has 1 aliphatic heterocycles. The quantitative estimate of drug-likeness (QED) is 0.172. The van der Waals surface area contributed by atoms with Crippen LogP contribution >= 0.6 is 0 Å². The fraction of sp³-hybridized carbons (Fsp3) is 0.512. The summed E-state index contributed by atoms with van der Waals surface area (Å²) in [6.45, 7) is 10.2. The van der Waals surface area contributed by atoms with Crippen LogP contribution in [0.5, 0.6) is 5.75 Å². The molecular formula is C43H51F3N4O2. The molecule has 0 N–H and O–H groups in total. The Morgan fingerprint density at radius 1 is 0.846 bits per heavy atom. The third kappa shape index (κ3) is 7.85. The van der Waals surface area contributed by atoms with Gasteiger partial charge in [0.2, 0.25) is 11.9 Å². The topological polar surface area (TPSA) is 60.4 Å². The maximum atomic E-state index is 17.7. The Hall–Kier alpha value is -3.98. The lowest BCUT2D eigenvalue weighted by Gasteiger charge is -2.42. The number of aryl methyl sites for hydroxylation is 2. The molecule has 0 spiro atoms. The van der Waals surface area contributed by atoms with Crippen molar-refractivity contribution in [2.45, 2.75) is 116 Å². The molecule has 52 heavy (non-hydrogen) atoms. The van der Waals surface area contributed by atoms with Gasteiger partial charge in [-0.05, 0) is 98.1 Å². The van der Waals surface area contributed by atoms with Crippen molar-refractivity contribution in [3.63, 3.8) is 0 Å². The van der Waals surface area contributed by atoms with E-state index >= 15 is 4.39 Å². The Balaban J connectivity index is 1.35.